The number of phenolic OH excluding ortho intramolecular Hbond substituents is 1. The predicted molar refractivity (Wildman–Crippen MR) is 76.1 cm³/mol. The molecule has 1 fully saturated rings. The Morgan fingerprint density at radius 1 is 1.40 bits per heavy atom. The van der Waals surface area contributed by atoms with Gasteiger partial charge in [-0.3, -0.25) is 13.9 Å². The van der Waals surface area contributed by atoms with Crippen molar-refractivity contribution in [2.45, 2.75) is 13.0 Å². The van der Waals surface area contributed by atoms with E-state index in [4.69, 9.17) is 0 Å². The molecule has 0 saturated carbocycles. The fourth-order valence-electron chi connectivity index (χ4n) is 2.82. The number of aryl methyl sites for hydroxylation is 1. The molecule has 0 bridgehead atoms. The van der Waals surface area contributed by atoms with E-state index in [1.807, 2.05) is 0 Å². The van der Waals surface area contributed by atoms with Crippen molar-refractivity contribution >= 4 is 10.9 Å². The maximum Gasteiger partial charge on any atom is 0.331 e. The average Bonchev–Trinajstić information content (AvgIpc) is 2.94. The minimum absolute atomic E-state index is 0.0820. The molecule has 2 heterocycles. The smallest absolute Gasteiger partial charge is 0.331 e. The van der Waals surface area contributed by atoms with Gasteiger partial charge in [0.05, 0.1) is 5.52 Å². The van der Waals surface area contributed by atoms with Crippen LogP contribution in [0.4, 0.5) is 0 Å². The van der Waals surface area contributed by atoms with Crippen LogP contribution in [0, 0.1) is 5.92 Å². The van der Waals surface area contributed by atoms with Crippen molar-refractivity contribution in [2.75, 3.05) is 13.1 Å². The SMILES string of the molecule is Cn1c(=O)n(CC2CCNC2)c(=O)c2c(O)cccc21. The topological polar surface area (TPSA) is 76.3 Å². The van der Waals surface area contributed by atoms with Crippen LogP contribution in [-0.4, -0.2) is 27.3 Å². The van der Waals surface area contributed by atoms with Crippen LogP contribution in [0.25, 0.3) is 10.9 Å². The molecule has 1 unspecified atom stereocenters. The van der Waals surface area contributed by atoms with E-state index in [2.05, 4.69) is 5.32 Å². The number of phenols is 1. The summed E-state index contributed by atoms with van der Waals surface area (Å²) >= 11 is 0. The largest absolute Gasteiger partial charge is 0.507 e. The number of hydrogen-bond donors (Lipinski definition) is 2. The van der Waals surface area contributed by atoms with Crippen molar-refractivity contribution in [3.8, 4) is 5.75 Å². The van der Waals surface area contributed by atoms with Crippen molar-refractivity contribution < 1.29 is 5.11 Å². The number of aromatic nitrogens is 2. The quantitative estimate of drug-likeness (QED) is 0.810. The minimum Gasteiger partial charge on any atom is -0.507 e. The van der Waals surface area contributed by atoms with E-state index in [9.17, 15) is 14.7 Å². The number of rotatable bonds is 2. The van der Waals surface area contributed by atoms with Gasteiger partial charge in [0.2, 0.25) is 0 Å². The van der Waals surface area contributed by atoms with Crippen molar-refractivity contribution in [3.05, 3.63) is 39.0 Å². The fraction of sp³-hybridized carbons (Fsp3) is 0.429. The molecule has 20 heavy (non-hydrogen) atoms. The molecule has 1 aliphatic rings. The number of nitrogens with zero attached hydrogens (tertiary/aromatic N) is 2. The van der Waals surface area contributed by atoms with E-state index < -0.39 is 5.56 Å². The molecule has 0 radical (unpaired) electrons. The Bertz CT molecular complexity index is 770. The van der Waals surface area contributed by atoms with Crippen molar-refractivity contribution in [1.29, 1.82) is 0 Å². The van der Waals surface area contributed by atoms with E-state index in [1.54, 1.807) is 19.2 Å². The van der Waals surface area contributed by atoms with Gasteiger partial charge in [-0.05, 0) is 37.6 Å². The zero-order valence-corrected chi connectivity index (χ0v) is 11.3. The number of hydrogen-bond acceptors (Lipinski definition) is 4. The summed E-state index contributed by atoms with van der Waals surface area (Å²) in [6.45, 7) is 2.12. The number of nitrogens with one attached hydrogen (secondary N) is 1. The zero-order chi connectivity index (χ0) is 14.3. The summed E-state index contributed by atoms with van der Waals surface area (Å²) in [5, 5.41) is 13.3. The fourth-order valence-corrected chi connectivity index (χ4v) is 2.82. The molecule has 1 atom stereocenters. The lowest BCUT2D eigenvalue weighted by atomic mass is 10.1. The van der Waals surface area contributed by atoms with Crippen molar-refractivity contribution in [1.82, 2.24) is 14.5 Å². The maximum absolute atomic E-state index is 12.5. The molecule has 2 aromatic rings. The monoisotopic (exact) mass is 275 g/mol. The molecule has 0 spiro atoms. The van der Waals surface area contributed by atoms with Gasteiger partial charge in [0, 0.05) is 13.6 Å². The van der Waals surface area contributed by atoms with Crippen LogP contribution in [0.15, 0.2) is 27.8 Å². The van der Waals surface area contributed by atoms with Crippen LogP contribution in [0.2, 0.25) is 0 Å². The first-order chi connectivity index (χ1) is 9.59. The van der Waals surface area contributed by atoms with Gasteiger partial charge < -0.3 is 10.4 Å². The van der Waals surface area contributed by atoms with E-state index in [0.29, 0.717) is 12.1 Å². The third kappa shape index (κ3) is 1.92. The van der Waals surface area contributed by atoms with Crippen LogP contribution in [0.3, 0.4) is 0 Å². The summed E-state index contributed by atoms with van der Waals surface area (Å²) in [5.41, 5.74) is -0.283. The number of benzene rings is 1. The molecule has 0 aliphatic carbocycles. The minimum atomic E-state index is -0.409. The molecule has 1 aromatic carbocycles. The molecular weight excluding hydrogens is 258 g/mol. The lowest BCUT2D eigenvalue weighted by Gasteiger charge is -2.14. The summed E-state index contributed by atoms with van der Waals surface area (Å²) in [5.74, 6) is 0.199. The first-order valence-electron chi connectivity index (χ1n) is 6.72. The van der Waals surface area contributed by atoms with Gasteiger partial charge in [0.1, 0.15) is 11.1 Å². The molecule has 106 valence electrons. The molecule has 6 nitrogen and oxygen atoms in total. The average molecular weight is 275 g/mol. The Morgan fingerprint density at radius 2 is 2.20 bits per heavy atom. The number of fused-ring (bicyclic) bond motifs is 1. The van der Waals surface area contributed by atoms with Crippen LogP contribution < -0.4 is 16.6 Å². The predicted octanol–water partition coefficient (Wildman–Crippen LogP) is 0.0153. The highest BCUT2D eigenvalue weighted by molar-refractivity contribution is 5.84. The molecule has 3 rings (SSSR count). The van der Waals surface area contributed by atoms with Gasteiger partial charge in [0.15, 0.2) is 0 Å². The zero-order valence-electron chi connectivity index (χ0n) is 11.3. The third-order valence-corrected chi connectivity index (χ3v) is 3.96. The Morgan fingerprint density at radius 3 is 2.90 bits per heavy atom. The summed E-state index contributed by atoms with van der Waals surface area (Å²) in [6.07, 6.45) is 0.953. The molecule has 2 N–H and O–H groups in total. The standard InChI is InChI=1S/C14H17N3O3/c1-16-10-3-2-4-11(18)12(10)13(19)17(14(16)20)8-9-5-6-15-7-9/h2-4,9,15,18H,5-8H2,1H3. The lowest BCUT2D eigenvalue weighted by Crippen LogP contribution is -2.40. The summed E-state index contributed by atoms with van der Waals surface area (Å²) in [6, 6.07) is 4.76. The second-order valence-corrected chi connectivity index (χ2v) is 5.29. The van der Waals surface area contributed by atoms with Crippen LogP contribution in [0.5, 0.6) is 5.75 Å². The van der Waals surface area contributed by atoms with Gasteiger partial charge in [-0.25, -0.2) is 4.79 Å². The van der Waals surface area contributed by atoms with Crippen molar-refractivity contribution in [2.24, 2.45) is 13.0 Å². The summed E-state index contributed by atoms with van der Waals surface area (Å²) < 4.78 is 2.65. The summed E-state index contributed by atoms with van der Waals surface area (Å²) in [7, 11) is 1.62. The Kier molecular flexibility index (Phi) is 3.10. The van der Waals surface area contributed by atoms with E-state index in [0.717, 1.165) is 19.5 Å². The lowest BCUT2D eigenvalue weighted by molar-refractivity contribution is 0.448. The molecule has 1 aromatic heterocycles. The molecule has 0 amide bonds. The Balaban J connectivity index is 2.24. The Labute approximate surface area is 115 Å². The number of aromatic hydroxyl groups is 1. The van der Waals surface area contributed by atoms with Crippen LogP contribution in [-0.2, 0) is 13.6 Å². The van der Waals surface area contributed by atoms with Gasteiger partial charge in [-0.15, -0.1) is 0 Å². The van der Waals surface area contributed by atoms with Gasteiger partial charge in [-0.1, -0.05) is 6.07 Å². The maximum atomic E-state index is 12.5. The Hall–Kier alpha value is -2.08. The second kappa shape index (κ2) is 4.79. The second-order valence-electron chi connectivity index (χ2n) is 5.29. The molecular formula is C14H17N3O3. The highest BCUT2D eigenvalue weighted by atomic mass is 16.3. The van der Waals surface area contributed by atoms with Crippen LogP contribution in [0.1, 0.15) is 6.42 Å². The molecule has 6 heteroatoms. The van der Waals surface area contributed by atoms with Crippen LogP contribution >= 0.6 is 0 Å². The van der Waals surface area contributed by atoms with Gasteiger partial charge in [-0.2, -0.15) is 0 Å². The first kappa shape index (κ1) is 12.9. The van der Waals surface area contributed by atoms with E-state index in [-0.39, 0.29) is 22.7 Å². The van der Waals surface area contributed by atoms with Gasteiger partial charge in [0.25, 0.3) is 5.56 Å². The highest BCUT2D eigenvalue weighted by Gasteiger charge is 2.19. The normalized spacial score (nSPS) is 18.8. The van der Waals surface area contributed by atoms with Gasteiger partial charge >= 0.3 is 5.69 Å². The van der Waals surface area contributed by atoms with Crippen molar-refractivity contribution in [3.63, 3.8) is 0 Å². The molecule has 1 saturated heterocycles. The molecule has 1 aliphatic heterocycles. The first-order valence-corrected chi connectivity index (χ1v) is 6.72. The summed E-state index contributed by atoms with van der Waals surface area (Å²) in [4.78, 5) is 24.8. The van der Waals surface area contributed by atoms with E-state index in [1.165, 1.54) is 15.2 Å². The highest BCUT2D eigenvalue weighted by Crippen LogP contribution is 2.19. The third-order valence-electron chi connectivity index (χ3n) is 3.96. The van der Waals surface area contributed by atoms with E-state index >= 15 is 0 Å².